The van der Waals surface area contributed by atoms with Crippen molar-refractivity contribution in [3.63, 3.8) is 0 Å². The Morgan fingerprint density at radius 3 is 2.72 bits per heavy atom. The maximum atomic E-state index is 12.3. The molecule has 3 aromatic rings. The Balaban J connectivity index is 1.96. The van der Waals surface area contributed by atoms with Crippen molar-refractivity contribution < 1.29 is 8.42 Å². The summed E-state index contributed by atoms with van der Waals surface area (Å²) in [6, 6.07) is 7.80. The van der Waals surface area contributed by atoms with Crippen LogP contribution in [0.4, 0.5) is 5.95 Å². The summed E-state index contributed by atoms with van der Waals surface area (Å²) in [6.45, 7) is 1.76. The lowest BCUT2D eigenvalue weighted by Gasteiger charge is -2.14. The minimum atomic E-state index is -3.44. The Kier molecular flexibility index (Phi) is 4.49. The van der Waals surface area contributed by atoms with Crippen molar-refractivity contribution in [2.75, 3.05) is 11.6 Å². The molecule has 2 aromatic heterocycles. The molecule has 1 atom stereocenters. The predicted octanol–water partition coefficient (Wildman–Crippen LogP) is 2.55. The zero-order valence-corrected chi connectivity index (χ0v) is 15.0. The van der Waals surface area contributed by atoms with E-state index < -0.39 is 15.9 Å². The van der Waals surface area contributed by atoms with Gasteiger partial charge in [-0.15, -0.1) is 0 Å². The normalized spacial score (nSPS) is 12.9. The molecule has 2 heterocycles. The quantitative estimate of drug-likeness (QED) is 0.676. The molecule has 7 nitrogen and oxygen atoms in total. The maximum Gasteiger partial charge on any atom is 0.253 e. The molecule has 2 N–H and O–H groups in total. The average Bonchev–Trinajstić information content (AvgIpc) is 2.54. The first kappa shape index (κ1) is 17.4. The molecular formula is C16H15ClN4O3S. The fourth-order valence-electron chi connectivity index (χ4n) is 2.41. The Labute approximate surface area is 149 Å². The molecule has 0 bridgehead atoms. The lowest BCUT2D eigenvalue weighted by atomic mass is 10.1. The summed E-state index contributed by atoms with van der Waals surface area (Å²) in [5.74, 6) is 0.126. The van der Waals surface area contributed by atoms with Crippen LogP contribution in [0.25, 0.3) is 10.9 Å². The zero-order valence-electron chi connectivity index (χ0n) is 13.4. The Morgan fingerprint density at radius 1 is 1.24 bits per heavy atom. The summed E-state index contributed by atoms with van der Waals surface area (Å²) in [5.41, 5.74) is 0.887. The molecule has 0 saturated heterocycles. The molecule has 3 rings (SSSR count). The third-order valence-electron chi connectivity index (χ3n) is 3.66. The number of halogens is 1. The maximum absolute atomic E-state index is 12.3. The van der Waals surface area contributed by atoms with E-state index in [1.54, 1.807) is 31.2 Å². The summed E-state index contributed by atoms with van der Waals surface area (Å²) >= 11 is 6.00. The van der Waals surface area contributed by atoms with Crippen molar-refractivity contribution in [2.45, 2.75) is 18.0 Å². The second-order valence-corrected chi connectivity index (χ2v) is 8.04. The highest BCUT2D eigenvalue weighted by Gasteiger charge is 2.15. The third-order valence-corrected chi connectivity index (χ3v) is 4.88. The van der Waals surface area contributed by atoms with Crippen molar-refractivity contribution in [3.8, 4) is 0 Å². The molecule has 0 amide bonds. The summed E-state index contributed by atoms with van der Waals surface area (Å²) in [5, 5.41) is 4.22. The Hall–Kier alpha value is -2.45. The molecule has 0 aliphatic carbocycles. The van der Waals surface area contributed by atoms with Gasteiger partial charge in [0.05, 0.1) is 6.04 Å². The number of sulfone groups is 1. The van der Waals surface area contributed by atoms with Crippen LogP contribution in [0.1, 0.15) is 18.5 Å². The van der Waals surface area contributed by atoms with Gasteiger partial charge in [0.2, 0.25) is 5.95 Å². The van der Waals surface area contributed by atoms with E-state index in [1.165, 1.54) is 12.3 Å². The summed E-state index contributed by atoms with van der Waals surface area (Å²) < 4.78 is 23.2. The predicted molar refractivity (Wildman–Crippen MR) is 96.8 cm³/mol. The first-order valence-corrected chi connectivity index (χ1v) is 9.63. The molecule has 0 saturated carbocycles. The molecule has 0 fully saturated rings. The van der Waals surface area contributed by atoms with E-state index in [2.05, 4.69) is 20.3 Å². The van der Waals surface area contributed by atoms with Gasteiger partial charge in [-0.3, -0.25) is 4.79 Å². The van der Waals surface area contributed by atoms with E-state index >= 15 is 0 Å². The van der Waals surface area contributed by atoms with Crippen molar-refractivity contribution in [2.24, 2.45) is 0 Å². The molecule has 1 unspecified atom stereocenters. The average molecular weight is 379 g/mol. The van der Waals surface area contributed by atoms with E-state index in [-0.39, 0.29) is 16.5 Å². The number of pyridine rings is 1. The number of hydrogen-bond acceptors (Lipinski definition) is 6. The molecule has 0 aliphatic heterocycles. The van der Waals surface area contributed by atoms with Gasteiger partial charge < -0.3 is 10.3 Å². The molecule has 130 valence electrons. The highest BCUT2D eigenvalue weighted by atomic mass is 35.5. The van der Waals surface area contributed by atoms with E-state index in [1.807, 2.05) is 0 Å². The fourth-order valence-corrected chi connectivity index (χ4v) is 3.15. The molecule has 25 heavy (non-hydrogen) atoms. The number of anilines is 1. The van der Waals surface area contributed by atoms with Crippen LogP contribution in [0.15, 0.2) is 46.3 Å². The van der Waals surface area contributed by atoms with Crippen LogP contribution in [-0.2, 0) is 9.84 Å². The summed E-state index contributed by atoms with van der Waals surface area (Å²) in [4.78, 5) is 23.1. The van der Waals surface area contributed by atoms with Gasteiger partial charge in [-0.05, 0) is 37.3 Å². The number of nitrogens with one attached hydrogen (secondary N) is 2. The SMILES string of the molecule is CC(Nc1nccc(S(C)(=O)=O)n1)c1cc2cc(Cl)ccc2[nH]c1=O. The second-order valence-electron chi connectivity index (χ2n) is 5.64. The molecule has 0 spiro atoms. The van der Waals surface area contributed by atoms with Crippen molar-refractivity contribution >= 4 is 38.3 Å². The zero-order chi connectivity index (χ0) is 18.2. The van der Waals surface area contributed by atoms with Gasteiger partial charge >= 0.3 is 0 Å². The van der Waals surface area contributed by atoms with Gasteiger partial charge in [-0.1, -0.05) is 11.6 Å². The minimum absolute atomic E-state index is 0.0867. The van der Waals surface area contributed by atoms with Crippen LogP contribution in [0.2, 0.25) is 5.02 Å². The van der Waals surface area contributed by atoms with Crippen LogP contribution in [0.3, 0.4) is 0 Å². The third kappa shape index (κ3) is 3.80. The molecule has 0 radical (unpaired) electrons. The number of hydrogen-bond donors (Lipinski definition) is 2. The van der Waals surface area contributed by atoms with E-state index in [0.29, 0.717) is 16.1 Å². The molecule has 1 aromatic carbocycles. The van der Waals surface area contributed by atoms with Crippen LogP contribution < -0.4 is 10.9 Å². The lowest BCUT2D eigenvalue weighted by molar-refractivity contribution is 0.598. The van der Waals surface area contributed by atoms with Gasteiger partial charge in [0, 0.05) is 33.9 Å². The number of benzene rings is 1. The van der Waals surface area contributed by atoms with Crippen LogP contribution in [-0.4, -0.2) is 29.6 Å². The van der Waals surface area contributed by atoms with Crippen LogP contribution in [0, 0.1) is 0 Å². The largest absolute Gasteiger partial charge is 0.347 e. The minimum Gasteiger partial charge on any atom is -0.347 e. The van der Waals surface area contributed by atoms with Crippen LogP contribution in [0.5, 0.6) is 0 Å². The smallest absolute Gasteiger partial charge is 0.253 e. The van der Waals surface area contributed by atoms with E-state index in [4.69, 9.17) is 11.6 Å². The topological polar surface area (TPSA) is 105 Å². The van der Waals surface area contributed by atoms with Gasteiger partial charge in [0.25, 0.3) is 5.56 Å². The number of aromatic nitrogens is 3. The van der Waals surface area contributed by atoms with Crippen molar-refractivity contribution in [1.29, 1.82) is 0 Å². The number of rotatable bonds is 4. The van der Waals surface area contributed by atoms with Gasteiger partial charge in [0.1, 0.15) is 0 Å². The van der Waals surface area contributed by atoms with Gasteiger partial charge in [0.15, 0.2) is 14.9 Å². The molecule has 0 aliphatic rings. The Bertz CT molecular complexity index is 1110. The first-order chi connectivity index (χ1) is 11.7. The highest BCUT2D eigenvalue weighted by Crippen LogP contribution is 2.21. The van der Waals surface area contributed by atoms with Crippen molar-refractivity contribution in [3.05, 3.63) is 57.5 Å². The van der Waals surface area contributed by atoms with E-state index in [9.17, 15) is 13.2 Å². The number of H-pyrrole nitrogens is 1. The first-order valence-electron chi connectivity index (χ1n) is 7.36. The molecular weight excluding hydrogens is 364 g/mol. The van der Waals surface area contributed by atoms with E-state index in [0.717, 1.165) is 11.6 Å². The van der Waals surface area contributed by atoms with Crippen LogP contribution >= 0.6 is 11.6 Å². The van der Waals surface area contributed by atoms with Crippen molar-refractivity contribution in [1.82, 2.24) is 15.0 Å². The number of aromatic amines is 1. The fraction of sp³-hybridized carbons (Fsp3) is 0.188. The summed E-state index contributed by atoms with van der Waals surface area (Å²) in [7, 11) is -3.44. The number of nitrogens with zero attached hydrogens (tertiary/aromatic N) is 2. The summed E-state index contributed by atoms with van der Waals surface area (Å²) in [6.07, 6.45) is 2.42. The number of fused-ring (bicyclic) bond motifs is 1. The standard InChI is InChI=1S/C16H15ClN4O3S/c1-9(19-16-18-6-5-14(21-16)25(2,23)24)12-8-10-7-11(17)3-4-13(10)20-15(12)22/h3-9H,1-2H3,(H,20,22)(H,18,19,21). The lowest BCUT2D eigenvalue weighted by Crippen LogP contribution is -2.20. The Morgan fingerprint density at radius 2 is 2.00 bits per heavy atom. The second kappa shape index (κ2) is 6.45. The highest BCUT2D eigenvalue weighted by molar-refractivity contribution is 7.90. The molecule has 9 heteroatoms. The van der Waals surface area contributed by atoms with Gasteiger partial charge in [-0.2, -0.15) is 0 Å². The monoisotopic (exact) mass is 378 g/mol. The van der Waals surface area contributed by atoms with Gasteiger partial charge in [-0.25, -0.2) is 18.4 Å².